The molecule has 5 heteroatoms. The maximum Gasteiger partial charge on any atom is 0.112 e. The number of fused-ring (bicyclic) bond motifs is 1. The molecule has 0 radical (unpaired) electrons. The third-order valence-electron chi connectivity index (χ3n) is 3.59. The lowest BCUT2D eigenvalue weighted by molar-refractivity contribution is 0.554. The second kappa shape index (κ2) is 4.91. The van der Waals surface area contributed by atoms with Crippen LogP contribution in [-0.2, 0) is 19.0 Å². The molecule has 3 rings (SSSR count). The number of aromatic nitrogens is 4. The van der Waals surface area contributed by atoms with Crippen molar-refractivity contribution in [3.63, 3.8) is 0 Å². The van der Waals surface area contributed by atoms with Crippen LogP contribution in [0.4, 0.5) is 5.69 Å². The molecule has 2 N–H and O–H groups in total. The van der Waals surface area contributed by atoms with E-state index in [0.717, 1.165) is 34.8 Å². The second-order valence-corrected chi connectivity index (χ2v) is 6.37. The maximum atomic E-state index is 4.65. The number of anilines is 1. The molecule has 0 amide bonds. The Morgan fingerprint density at radius 1 is 1.24 bits per heavy atom. The molecule has 0 aliphatic rings. The Balaban J connectivity index is 1.82. The number of imidazole rings is 1. The maximum absolute atomic E-state index is 4.65. The van der Waals surface area contributed by atoms with Crippen LogP contribution in [0.1, 0.15) is 32.3 Å². The number of hydrogen-bond donors (Lipinski definition) is 2. The van der Waals surface area contributed by atoms with Crippen LogP contribution in [0.3, 0.4) is 0 Å². The Labute approximate surface area is 124 Å². The van der Waals surface area contributed by atoms with E-state index >= 15 is 0 Å². The van der Waals surface area contributed by atoms with Gasteiger partial charge >= 0.3 is 0 Å². The summed E-state index contributed by atoms with van der Waals surface area (Å²) in [6.07, 6.45) is 1.81. The average molecular weight is 283 g/mol. The van der Waals surface area contributed by atoms with Gasteiger partial charge in [-0.25, -0.2) is 4.98 Å². The van der Waals surface area contributed by atoms with Gasteiger partial charge < -0.3 is 10.3 Å². The summed E-state index contributed by atoms with van der Waals surface area (Å²) in [6.45, 7) is 7.23. The minimum atomic E-state index is 0.0291. The number of aryl methyl sites for hydroxylation is 1. The lowest BCUT2D eigenvalue weighted by Gasteiger charge is -2.13. The number of aromatic amines is 1. The minimum absolute atomic E-state index is 0.0291. The standard InChI is InChI=1S/C16H21N5/c1-16(2,3)15-19-13-6-5-11(9-14(13)20-15)17-10-12-7-8-18-21(12)4/h5-9,17H,10H2,1-4H3,(H,19,20). The lowest BCUT2D eigenvalue weighted by atomic mass is 9.96. The van der Waals surface area contributed by atoms with Crippen molar-refractivity contribution in [3.8, 4) is 0 Å². The Kier molecular flexibility index (Phi) is 3.20. The predicted molar refractivity (Wildman–Crippen MR) is 85.3 cm³/mol. The van der Waals surface area contributed by atoms with Gasteiger partial charge in [0.05, 0.1) is 23.3 Å². The van der Waals surface area contributed by atoms with E-state index in [4.69, 9.17) is 0 Å². The highest BCUT2D eigenvalue weighted by molar-refractivity contribution is 5.79. The first-order valence-electron chi connectivity index (χ1n) is 7.14. The summed E-state index contributed by atoms with van der Waals surface area (Å²) in [7, 11) is 1.95. The Hall–Kier alpha value is -2.30. The molecule has 0 aliphatic heterocycles. The number of nitrogens with zero attached hydrogens (tertiary/aromatic N) is 3. The van der Waals surface area contributed by atoms with E-state index in [2.05, 4.69) is 53.3 Å². The van der Waals surface area contributed by atoms with Crippen molar-refractivity contribution in [1.82, 2.24) is 19.7 Å². The number of nitrogens with one attached hydrogen (secondary N) is 2. The molecule has 2 heterocycles. The molecular weight excluding hydrogens is 262 g/mol. The summed E-state index contributed by atoms with van der Waals surface area (Å²) in [4.78, 5) is 8.06. The van der Waals surface area contributed by atoms with E-state index in [-0.39, 0.29) is 5.41 Å². The van der Waals surface area contributed by atoms with Crippen molar-refractivity contribution in [3.05, 3.63) is 42.0 Å². The monoisotopic (exact) mass is 283 g/mol. The lowest BCUT2D eigenvalue weighted by Crippen LogP contribution is -2.12. The van der Waals surface area contributed by atoms with Crippen molar-refractivity contribution in [1.29, 1.82) is 0 Å². The third-order valence-corrected chi connectivity index (χ3v) is 3.59. The highest BCUT2D eigenvalue weighted by atomic mass is 15.3. The fraction of sp³-hybridized carbons (Fsp3) is 0.375. The van der Waals surface area contributed by atoms with Gasteiger partial charge in [0, 0.05) is 24.3 Å². The molecule has 5 nitrogen and oxygen atoms in total. The first-order valence-corrected chi connectivity index (χ1v) is 7.14. The molecule has 21 heavy (non-hydrogen) atoms. The summed E-state index contributed by atoms with van der Waals surface area (Å²) >= 11 is 0. The smallest absolute Gasteiger partial charge is 0.112 e. The molecule has 1 aromatic carbocycles. The van der Waals surface area contributed by atoms with Gasteiger partial charge in [-0.2, -0.15) is 5.10 Å². The molecule has 0 spiro atoms. The van der Waals surface area contributed by atoms with Gasteiger partial charge in [0.1, 0.15) is 5.82 Å². The van der Waals surface area contributed by atoms with Crippen LogP contribution >= 0.6 is 0 Å². The first-order chi connectivity index (χ1) is 9.93. The zero-order valence-electron chi connectivity index (χ0n) is 12.9. The van der Waals surface area contributed by atoms with Gasteiger partial charge in [0.15, 0.2) is 0 Å². The SMILES string of the molecule is Cn1nccc1CNc1ccc2nc(C(C)(C)C)[nH]c2c1. The van der Waals surface area contributed by atoms with Crippen molar-refractivity contribution in [2.24, 2.45) is 7.05 Å². The Morgan fingerprint density at radius 2 is 2.05 bits per heavy atom. The summed E-state index contributed by atoms with van der Waals surface area (Å²) in [5.41, 5.74) is 4.32. The van der Waals surface area contributed by atoms with Crippen molar-refractivity contribution in [2.75, 3.05) is 5.32 Å². The first kappa shape index (κ1) is 13.7. The average Bonchev–Trinajstić information content (AvgIpc) is 3.01. The fourth-order valence-electron chi connectivity index (χ4n) is 2.24. The highest BCUT2D eigenvalue weighted by Gasteiger charge is 2.18. The van der Waals surface area contributed by atoms with E-state index in [9.17, 15) is 0 Å². The Morgan fingerprint density at radius 3 is 2.71 bits per heavy atom. The van der Waals surface area contributed by atoms with Crippen LogP contribution in [-0.4, -0.2) is 19.7 Å². The molecule has 0 atom stereocenters. The molecule has 0 saturated heterocycles. The van der Waals surface area contributed by atoms with Gasteiger partial charge in [0.2, 0.25) is 0 Å². The van der Waals surface area contributed by atoms with Crippen molar-refractivity contribution >= 4 is 16.7 Å². The fourth-order valence-corrected chi connectivity index (χ4v) is 2.24. The van der Waals surface area contributed by atoms with E-state index in [1.54, 1.807) is 0 Å². The molecule has 0 fully saturated rings. The quantitative estimate of drug-likeness (QED) is 0.776. The number of H-pyrrole nitrogens is 1. The third kappa shape index (κ3) is 2.77. The number of hydrogen-bond acceptors (Lipinski definition) is 3. The summed E-state index contributed by atoms with van der Waals surface area (Å²) < 4.78 is 1.87. The molecule has 3 aromatic rings. The van der Waals surface area contributed by atoms with Gasteiger partial charge in [-0.1, -0.05) is 20.8 Å². The summed E-state index contributed by atoms with van der Waals surface area (Å²) in [5.74, 6) is 1.02. The van der Waals surface area contributed by atoms with E-state index in [1.807, 2.05) is 30.1 Å². The van der Waals surface area contributed by atoms with Gasteiger partial charge in [-0.15, -0.1) is 0 Å². The van der Waals surface area contributed by atoms with Crippen LogP contribution in [0.15, 0.2) is 30.5 Å². The molecule has 0 unspecified atom stereocenters. The topological polar surface area (TPSA) is 58.5 Å². The number of benzene rings is 1. The van der Waals surface area contributed by atoms with E-state index in [0.29, 0.717) is 0 Å². The molecule has 2 aromatic heterocycles. The molecule has 0 bridgehead atoms. The minimum Gasteiger partial charge on any atom is -0.379 e. The largest absolute Gasteiger partial charge is 0.379 e. The van der Waals surface area contributed by atoms with Crippen molar-refractivity contribution in [2.45, 2.75) is 32.7 Å². The summed E-state index contributed by atoms with van der Waals surface area (Å²) in [5, 5.41) is 7.59. The highest BCUT2D eigenvalue weighted by Crippen LogP contribution is 2.24. The van der Waals surface area contributed by atoms with Gasteiger partial charge in [0.25, 0.3) is 0 Å². The molecular formula is C16H21N5. The van der Waals surface area contributed by atoms with Crippen LogP contribution < -0.4 is 5.32 Å². The zero-order chi connectivity index (χ0) is 15.0. The van der Waals surface area contributed by atoms with Crippen LogP contribution in [0.5, 0.6) is 0 Å². The van der Waals surface area contributed by atoms with Gasteiger partial charge in [-0.05, 0) is 24.3 Å². The predicted octanol–water partition coefficient (Wildman–Crippen LogP) is 3.21. The molecule has 0 saturated carbocycles. The van der Waals surface area contributed by atoms with Gasteiger partial charge in [-0.3, -0.25) is 4.68 Å². The Bertz CT molecular complexity index is 760. The van der Waals surface area contributed by atoms with Crippen LogP contribution in [0.25, 0.3) is 11.0 Å². The van der Waals surface area contributed by atoms with Crippen LogP contribution in [0.2, 0.25) is 0 Å². The van der Waals surface area contributed by atoms with E-state index in [1.165, 1.54) is 0 Å². The number of rotatable bonds is 3. The normalized spacial score (nSPS) is 12.0. The van der Waals surface area contributed by atoms with Crippen molar-refractivity contribution < 1.29 is 0 Å². The summed E-state index contributed by atoms with van der Waals surface area (Å²) in [6, 6.07) is 8.23. The molecule has 110 valence electrons. The second-order valence-electron chi connectivity index (χ2n) is 6.37. The molecule has 0 aliphatic carbocycles. The van der Waals surface area contributed by atoms with Crippen LogP contribution in [0, 0.1) is 0 Å². The van der Waals surface area contributed by atoms with E-state index < -0.39 is 0 Å². The zero-order valence-corrected chi connectivity index (χ0v) is 12.9.